The van der Waals surface area contributed by atoms with Crippen LogP contribution in [0.4, 0.5) is 4.79 Å². The van der Waals surface area contributed by atoms with Gasteiger partial charge in [0.1, 0.15) is 0 Å². The van der Waals surface area contributed by atoms with Crippen LogP contribution >= 0.6 is 0 Å². The van der Waals surface area contributed by atoms with Crippen molar-refractivity contribution in [1.82, 2.24) is 20.1 Å². The molecule has 2 aromatic rings. The highest BCUT2D eigenvalue weighted by atomic mass is 16.5. The number of nitrogens with one attached hydrogen (secondary N) is 1. The van der Waals surface area contributed by atoms with E-state index in [4.69, 9.17) is 9.15 Å². The van der Waals surface area contributed by atoms with Gasteiger partial charge in [-0.3, -0.25) is 9.78 Å². The number of methoxy groups -OCH3 is 1. The summed E-state index contributed by atoms with van der Waals surface area (Å²) in [4.78, 5) is 32.8. The number of rotatable bonds is 7. The Morgan fingerprint density at radius 3 is 2.89 bits per heavy atom. The van der Waals surface area contributed by atoms with Crippen LogP contribution in [0.25, 0.3) is 0 Å². The summed E-state index contributed by atoms with van der Waals surface area (Å²) in [5, 5.41) is 3.07. The Balaban J connectivity index is 1.59. The first-order chi connectivity index (χ1) is 13.7. The van der Waals surface area contributed by atoms with Gasteiger partial charge >= 0.3 is 6.03 Å². The van der Waals surface area contributed by atoms with Gasteiger partial charge in [0, 0.05) is 51.7 Å². The third-order valence-electron chi connectivity index (χ3n) is 4.74. The number of likely N-dealkylation sites (tertiary alicyclic amines) is 1. The highest BCUT2D eigenvalue weighted by Gasteiger charge is 2.27. The molecule has 28 heavy (non-hydrogen) atoms. The van der Waals surface area contributed by atoms with Crippen LogP contribution in [0, 0.1) is 0 Å². The molecule has 1 unspecified atom stereocenters. The molecule has 1 aliphatic rings. The lowest BCUT2D eigenvalue weighted by molar-refractivity contribution is 0.0661. The molecule has 1 N–H and O–H groups in total. The second kappa shape index (κ2) is 9.89. The summed E-state index contributed by atoms with van der Waals surface area (Å²) < 4.78 is 10.4. The number of urea groups is 1. The maximum atomic E-state index is 12.8. The number of piperidine rings is 1. The topological polar surface area (TPSA) is 87.9 Å². The second-order valence-corrected chi connectivity index (χ2v) is 6.79. The maximum absolute atomic E-state index is 12.8. The molecule has 2 aromatic heterocycles. The van der Waals surface area contributed by atoms with Gasteiger partial charge in [-0.2, -0.15) is 0 Å². The van der Waals surface area contributed by atoms with E-state index in [-0.39, 0.29) is 18.0 Å². The Kier molecular flexibility index (Phi) is 7.02. The summed E-state index contributed by atoms with van der Waals surface area (Å²) in [5.74, 6) is 0.184. The molecule has 0 aliphatic carbocycles. The van der Waals surface area contributed by atoms with Crippen molar-refractivity contribution in [3.63, 3.8) is 0 Å². The van der Waals surface area contributed by atoms with E-state index >= 15 is 0 Å². The number of ether oxygens (including phenoxy) is 1. The number of carbonyl (C=O) groups is 2. The maximum Gasteiger partial charge on any atom is 0.318 e. The van der Waals surface area contributed by atoms with E-state index < -0.39 is 0 Å². The number of hydrogen-bond donors (Lipinski definition) is 1. The van der Waals surface area contributed by atoms with Gasteiger partial charge in [-0.1, -0.05) is 0 Å². The zero-order valence-corrected chi connectivity index (χ0v) is 16.0. The van der Waals surface area contributed by atoms with E-state index in [0.29, 0.717) is 38.5 Å². The lowest BCUT2D eigenvalue weighted by atomic mass is 10.1. The minimum atomic E-state index is -0.161. The molecule has 0 radical (unpaired) electrons. The minimum Gasteiger partial charge on any atom is -0.459 e. The zero-order valence-electron chi connectivity index (χ0n) is 16.0. The van der Waals surface area contributed by atoms with Crippen LogP contribution < -0.4 is 5.32 Å². The lowest BCUT2D eigenvalue weighted by Gasteiger charge is -2.34. The fraction of sp³-hybridized carbons (Fsp3) is 0.450. The Morgan fingerprint density at radius 1 is 1.36 bits per heavy atom. The van der Waals surface area contributed by atoms with E-state index in [0.717, 1.165) is 18.4 Å². The highest BCUT2D eigenvalue weighted by molar-refractivity contribution is 5.91. The van der Waals surface area contributed by atoms with E-state index in [2.05, 4.69) is 10.3 Å². The third-order valence-corrected chi connectivity index (χ3v) is 4.74. The summed E-state index contributed by atoms with van der Waals surface area (Å²) in [6.45, 7) is 2.53. The van der Waals surface area contributed by atoms with Crippen LogP contribution in [-0.2, 0) is 11.3 Å². The molecule has 1 atom stereocenters. The molecular formula is C20H26N4O4. The molecule has 3 rings (SSSR count). The number of nitrogens with zero attached hydrogens (tertiary/aromatic N) is 3. The minimum absolute atomic E-state index is 0.0948. The molecule has 0 aromatic carbocycles. The molecule has 0 spiro atoms. The predicted octanol–water partition coefficient (Wildman–Crippen LogP) is 2.14. The Bertz CT molecular complexity index is 751. The SMILES string of the molecule is COCCN(Cc1ccncc1)C(=O)NC1CCCN(C(=O)c2ccco2)C1. The van der Waals surface area contributed by atoms with Gasteiger partial charge in [-0.25, -0.2) is 4.79 Å². The Hall–Kier alpha value is -2.87. The van der Waals surface area contributed by atoms with Gasteiger partial charge in [0.2, 0.25) is 0 Å². The van der Waals surface area contributed by atoms with Crippen molar-refractivity contribution in [3.05, 3.63) is 54.2 Å². The fourth-order valence-electron chi connectivity index (χ4n) is 3.26. The normalized spacial score (nSPS) is 16.6. The average Bonchev–Trinajstić information content (AvgIpc) is 3.26. The summed E-state index contributed by atoms with van der Waals surface area (Å²) in [6, 6.07) is 6.87. The molecular weight excluding hydrogens is 360 g/mol. The molecule has 1 saturated heterocycles. The van der Waals surface area contributed by atoms with Crippen molar-refractivity contribution in [2.24, 2.45) is 0 Å². The standard InChI is InChI=1S/C20H26N4O4/c1-27-13-11-24(14-16-6-8-21-9-7-16)20(26)22-17-4-2-10-23(15-17)19(25)18-5-3-12-28-18/h3,5-9,12,17H,2,4,10-11,13-15H2,1H3,(H,22,26). The molecule has 3 heterocycles. The van der Waals surface area contributed by atoms with Gasteiger partial charge in [0.05, 0.1) is 12.9 Å². The van der Waals surface area contributed by atoms with Crippen molar-refractivity contribution < 1.29 is 18.7 Å². The number of aromatic nitrogens is 1. The first-order valence-electron chi connectivity index (χ1n) is 9.43. The van der Waals surface area contributed by atoms with Crippen molar-refractivity contribution in [2.45, 2.75) is 25.4 Å². The average molecular weight is 386 g/mol. The van der Waals surface area contributed by atoms with Gasteiger partial charge < -0.3 is 24.3 Å². The van der Waals surface area contributed by atoms with Crippen molar-refractivity contribution >= 4 is 11.9 Å². The van der Waals surface area contributed by atoms with E-state index in [9.17, 15) is 9.59 Å². The van der Waals surface area contributed by atoms with E-state index in [1.165, 1.54) is 6.26 Å². The number of hydrogen-bond acceptors (Lipinski definition) is 5. The smallest absolute Gasteiger partial charge is 0.318 e. The van der Waals surface area contributed by atoms with Crippen LogP contribution in [0.2, 0.25) is 0 Å². The number of carbonyl (C=O) groups excluding carboxylic acids is 2. The third kappa shape index (κ3) is 5.32. The molecule has 8 nitrogen and oxygen atoms in total. The van der Waals surface area contributed by atoms with Crippen LogP contribution in [-0.4, -0.2) is 66.1 Å². The molecule has 150 valence electrons. The second-order valence-electron chi connectivity index (χ2n) is 6.79. The fourth-order valence-corrected chi connectivity index (χ4v) is 3.26. The van der Waals surface area contributed by atoms with Crippen molar-refractivity contribution in [3.8, 4) is 0 Å². The number of furan rings is 1. The summed E-state index contributed by atoms with van der Waals surface area (Å²) >= 11 is 0. The van der Waals surface area contributed by atoms with Crippen molar-refractivity contribution in [1.29, 1.82) is 0 Å². The van der Waals surface area contributed by atoms with Crippen LogP contribution in [0.15, 0.2) is 47.3 Å². The van der Waals surface area contributed by atoms with Gasteiger partial charge in [0.25, 0.3) is 5.91 Å². The van der Waals surface area contributed by atoms with Crippen LogP contribution in [0.1, 0.15) is 29.0 Å². The van der Waals surface area contributed by atoms with E-state index in [1.54, 1.807) is 41.4 Å². The lowest BCUT2D eigenvalue weighted by Crippen LogP contribution is -2.53. The quantitative estimate of drug-likeness (QED) is 0.788. The summed E-state index contributed by atoms with van der Waals surface area (Å²) in [6.07, 6.45) is 6.58. The first kappa shape index (κ1) is 19.9. The monoisotopic (exact) mass is 386 g/mol. The Morgan fingerprint density at radius 2 is 2.18 bits per heavy atom. The largest absolute Gasteiger partial charge is 0.459 e. The highest BCUT2D eigenvalue weighted by Crippen LogP contribution is 2.15. The van der Waals surface area contributed by atoms with Gasteiger partial charge in [-0.05, 0) is 42.7 Å². The number of pyridine rings is 1. The zero-order chi connectivity index (χ0) is 19.8. The van der Waals surface area contributed by atoms with E-state index in [1.807, 2.05) is 12.1 Å². The van der Waals surface area contributed by atoms with Gasteiger partial charge in [-0.15, -0.1) is 0 Å². The van der Waals surface area contributed by atoms with Crippen LogP contribution in [0.5, 0.6) is 0 Å². The number of amides is 3. The summed E-state index contributed by atoms with van der Waals surface area (Å²) in [5.41, 5.74) is 1.000. The van der Waals surface area contributed by atoms with Crippen LogP contribution in [0.3, 0.4) is 0 Å². The molecule has 8 heteroatoms. The summed E-state index contributed by atoms with van der Waals surface area (Å²) in [7, 11) is 1.61. The molecule has 3 amide bonds. The molecule has 1 fully saturated rings. The molecule has 0 saturated carbocycles. The van der Waals surface area contributed by atoms with Gasteiger partial charge in [0.15, 0.2) is 5.76 Å². The first-order valence-corrected chi connectivity index (χ1v) is 9.43. The predicted molar refractivity (Wildman–Crippen MR) is 103 cm³/mol. The molecule has 0 bridgehead atoms. The Labute approximate surface area is 164 Å². The molecule has 1 aliphatic heterocycles. The van der Waals surface area contributed by atoms with Crippen molar-refractivity contribution in [2.75, 3.05) is 33.4 Å².